The zero-order valence-electron chi connectivity index (χ0n) is 15.3. The van der Waals surface area contributed by atoms with Crippen molar-refractivity contribution in [3.8, 4) is 5.69 Å². The van der Waals surface area contributed by atoms with Gasteiger partial charge in [0.1, 0.15) is 0 Å². The van der Waals surface area contributed by atoms with Crippen LogP contribution in [0.25, 0.3) is 5.69 Å². The maximum absolute atomic E-state index is 12.6. The average molecular weight is 400 g/mol. The monoisotopic (exact) mass is 399 g/mol. The first-order valence-electron chi connectivity index (χ1n) is 8.61. The Labute approximate surface area is 166 Å². The smallest absolute Gasteiger partial charge is 0.292 e. The number of ketones is 1. The molecule has 2 aromatic heterocycles. The molecule has 0 radical (unpaired) electrons. The fourth-order valence-corrected chi connectivity index (χ4v) is 4.37. The van der Waals surface area contributed by atoms with E-state index in [1.807, 2.05) is 37.3 Å². The molecule has 0 aliphatic carbocycles. The number of para-hydroxylation sites is 1. The van der Waals surface area contributed by atoms with Crippen LogP contribution in [0.3, 0.4) is 0 Å². The normalized spacial score (nSPS) is 10.7. The number of hydrogen-bond donors (Lipinski definition) is 1. The number of thiophene rings is 1. The van der Waals surface area contributed by atoms with E-state index in [0.29, 0.717) is 23.5 Å². The Morgan fingerprint density at radius 2 is 1.96 bits per heavy atom. The standard InChI is InChI=1S/C20H21N3O2S2/c1-14-18(15(2)23(22-14)17-6-4-3-5-7-17)19(24)20(25)21-9-11-27-13-16-8-10-26-12-16/h3-8,10,12H,9,11,13H2,1-2H3,(H,21,25). The SMILES string of the molecule is Cc1nn(-c2ccccc2)c(C)c1C(=O)C(=O)NCCSCc1ccsc1. The summed E-state index contributed by atoms with van der Waals surface area (Å²) in [5.74, 6) is 0.561. The van der Waals surface area contributed by atoms with Crippen molar-refractivity contribution in [1.82, 2.24) is 15.1 Å². The van der Waals surface area contributed by atoms with Crippen LogP contribution in [0.15, 0.2) is 47.2 Å². The van der Waals surface area contributed by atoms with E-state index in [2.05, 4.69) is 27.2 Å². The molecule has 0 aliphatic heterocycles. The van der Waals surface area contributed by atoms with Gasteiger partial charge in [-0.3, -0.25) is 9.59 Å². The Balaban J connectivity index is 1.58. The van der Waals surface area contributed by atoms with Crippen molar-refractivity contribution in [1.29, 1.82) is 0 Å². The van der Waals surface area contributed by atoms with E-state index < -0.39 is 11.7 Å². The van der Waals surface area contributed by atoms with Gasteiger partial charge in [-0.25, -0.2) is 4.68 Å². The molecule has 27 heavy (non-hydrogen) atoms. The summed E-state index contributed by atoms with van der Waals surface area (Å²) in [4.78, 5) is 24.9. The van der Waals surface area contributed by atoms with Crippen LogP contribution in [0.2, 0.25) is 0 Å². The first-order valence-corrected chi connectivity index (χ1v) is 10.7. The van der Waals surface area contributed by atoms with Crippen LogP contribution < -0.4 is 5.32 Å². The van der Waals surface area contributed by atoms with Gasteiger partial charge >= 0.3 is 0 Å². The number of thioether (sulfide) groups is 1. The lowest BCUT2D eigenvalue weighted by Gasteiger charge is -2.06. The molecule has 1 aromatic carbocycles. The van der Waals surface area contributed by atoms with Crippen LogP contribution in [-0.2, 0) is 10.5 Å². The predicted molar refractivity (Wildman–Crippen MR) is 111 cm³/mol. The maximum Gasteiger partial charge on any atom is 0.292 e. The zero-order valence-corrected chi connectivity index (χ0v) is 16.9. The maximum atomic E-state index is 12.6. The molecule has 0 saturated heterocycles. The van der Waals surface area contributed by atoms with Gasteiger partial charge in [0.15, 0.2) is 0 Å². The summed E-state index contributed by atoms with van der Waals surface area (Å²) in [6.07, 6.45) is 0. The Kier molecular flexibility index (Phi) is 6.47. The van der Waals surface area contributed by atoms with Gasteiger partial charge in [0.2, 0.25) is 0 Å². The van der Waals surface area contributed by atoms with E-state index >= 15 is 0 Å². The second-order valence-corrected chi connectivity index (χ2v) is 7.95. The van der Waals surface area contributed by atoms with Gasteiger partial charge in [0.05, 0.1) is 22.6 Å². The number of nitrogens with one attached hydrogen (secondary N) is 1. The number of carbonyl (C=O) groups is 2. The number of aromatic nitrogens is 2. The minimum absolute atomic E-state index is 0.377. The molecule has 7 heteroatoms. The Morgan fingerprint density at radius 3 is 2.67 bits per heavy atom. The van der Waals surface area contributed by atoms with E-state index in [0.717, 1.165) is 17.2 Å². The van der Waals surface area contributed by atoms with Gasteiger partial charge < -0.3 is 5.32 Å². The summed E-state index contributed by atoms with van der Waals surface area (Å²) in [5.41, 5.74) is 3.76. The fraction of sp³-hybridized carbons (Fsp3) is 0.250. The van der Waals surface area contributed by atoms with Crippen molar-refractivity contribution in [2.45, 2.75) is 19.6 Å². The van der Waals surface area contributed by atoms with Gasteiger partial charge in [-0.1, -0.05) is 18.2 Å². The average Bonchev–Trinajstić information content (AvgIpc) is 3.29. The van der Waals surface area contributed by atoms with Gasteiger partial charge in [-0.2, -0.15) is 28.2 Å². The van der Waals surface area contributed by atoms with Crippen molar-refractivity contribution in [2.75, 3.05) is 12.3 Å². The largest absolute Gasteiger partial charge is 0.348 e. The summed E-state index contributed by atoms with van der Waals surface area (Å²) in [6.45, 7) is 4.03. The topological polar surface area (TPSA) is 64.0 Å². The van der Waals surface area contributed by atoms with Gasteiger partial charge in [-0.15, -0.1) is 0 Å². The first kappa shape index (κ1) is 19.4. The molecule has 0 aliphatic rings. The van der Waals surface area contributed by atoms with Crippen LogP contribution in [0.5, 0.6) is 0 Å². The molecule has 0 atom stereocenters. The van der Waals surface area contributed by atoms with Gasteiger partial charge in [0.25, 0.3) is 11.7 Å². The third-order valence-corrected chi connectivity index (χ3v) is 5.87. The highest BCUT2D eigenvalue weighted by molar-refractivity contribution is 7.98. The highest BCUT2D eigenvalue weighted by Gasteiger charge is 2.24. The minimum atomic E-state index is -0.579. The third-order valence-electron chi connectivity index (χ3n) is 4.11. The minimum Gasteiger partial charge on any atom is -0.348 e. The number of hydrogen-bond acceptors (Lipinski definition) is 5. The number of nitrogens with zero attached hydrogens (tertiary/aromatic N) is 2. The van der Waals surface area contributed by atoms with Crippen LogP contribution in [0, 0.1) is 13.8 Å². The molecule has 0 unspecified atom stereocenters. The molecule has 1 amide bonds. The molecular formula is C20H21N3O2S2. The molecule has 1 N–H and O–H groups in total. The van der Waals surface area contributed by atoms with E-state index in [-0.39, 0.29) is 0 Å². The molecular weight excluding hydrogens is 378 g/mol. The van der Waals surface area contributed by atoms with Crippen LogP contribution in [-0.4, -0.2) is 33.8 Å². The Hall–Kier alpha value is -2.38. The first-order chi connectivity index (χ1) is 13.1. The number of carbonyl (C=O) groups excluding carboxylic acids is 2. The molecule has 0 spiro atoms. The number of aryl methyl sites for hydroxylation is 1. The Morgan fingerprint density at radius 1 is 1.19 bits per heavy atom. The molecule has 3 aromatic rings. The lowest BCUT2D eigenvalue weighted by molar-refractivity contribution is -0.116. The molecule has 0 saturated carbocycles. The van der Waals surface area contributed by atoms with Gasteiger partial charge in [-0.05, 0) is 48.4 Å². The fourth-order valence-electron chi connectivity index (χ4n) is 2.79. The molecule has 2 heterocycles. The van der Waals surface area contributed by atoms with E-state index in [1.54, 1.807) is 34.7 Å². The number of amides is 1. The highest BCUT2D eigenvalue weighted by atomic mass is 32.2. The summed E-state index contributed by atoms with van der Waals surface area (Å²) >= 11 is 3.41. The molecule has 3 rings (SSSR count). The summed E-state index contributed by atoms with van der Waals surface area (Å²) in [7, 11) is 0. The molecule has 0 fully saturated rings. The second kappa shape index (κ2) is 9.01. The van der Waals surface area contributed by atoms with E-state index in [9.17, 15) is 9.59 Å². The third kappa shape index (κ3) is 4.67. The van der Waals surface area contributed by atoms with E-state index in [4.69, 9.17) is 0 Å². The van der Waals surface area contributed by atoms with Crippen molar-refractivity contribution in [3.63, 3.8) is 0 Å². The Bertz CT molecular complexity index is 918. The number of Topliss-reactive ketones (excluding diaryl/α,β-unsaturated/α-hetero) is 1. The molecule has 140 valence electrons. The van der Waals surface area contributed by atoms with E-state index in [1.165, 1.54) is 5.56 Å². The van der Waals surface area contributed by atoms with Gasteiger partial charge in [0, 0.05) is 18.1 Å². The summed E-state index contributed by atoms with van der Waals surface area (Å²) in [5, 5.41) is 11.3. The van der Waals surface area contributed by atoms with Crippen LogP contribution >= 0.6 is 23.1 Å². The summed E-state index contributed by atoms with van der Waals surface area (Å²) < 4.78 is 1.70. The summed E-state index contributed by atoms with van der Waals surface area (Å²) in [6, 6.07) is 11.7. The van der Waals surface area contributed by atoms with Crippen molar-refractivity contribution in [2.24, 2.45) is 0 Å². The van der Waals surface area contributed by atoms with Crippen LogP contribution in [0.4, 0.5) is 0 Å². The number of rotatable bonds is 8. The molecule has 0 bridgehead atoms. The van der Waals surface area contributed by atoms with Crippen molar-refractivity contribution in [3.05, 3.63) is 69.7 Å². The number of benzene rings is 1. The molecule has 5 nitrogen and oxygen atoms in total. The lowest BCUT2D eigenvalue weighted by atomic mass is 10.1. The zero-order chi connectivity index (χ0) is 19.2. The van der Waals surface area contributed by atoms with Crippen molar-refractivity contribution >= 4 is 34.8 Å². The van der Waals surface area contributed by atoms with Crippen LogP contribution in [0.1, 0.15) is 27.3 Å². The van der Waals surface area contributed by atoms with Crippen molar-refractivity contribution < 1.29 is 9.59 Å². The quantitative estimate of drug-likeness (QED) is 0.356. The lowest BCUT2D eigenvalue weighted by Crippen LogP contribution is -2.33. The highest BCUT2D eigenvalue weighted by Crippen LogP contribution is 2.18. The second-order valence-electron chi connectivity index (χ2n) is 6.06. The predicted octanol–water partition coefficient (Wildman–Crippen LogP) is 3.78.